The zero-order chi connectivity index (χ0) is 18.8. The summed E-state index contributed by atoms with van der Waals surface area (Å²) in [5.74, 6) is -0.347. The van der Waals surface area contributed by atoms with Gasteiger partial charge in [0.1, 0.15) is 11.5 Å². The highest BCUT2D eigenvalue weighted by Gasteiger charge is 2.20. The maximum Gasteiger partial charge on any atom is 0.190 e. The van der Waals surface area contributed by atoms with E-state index in [0.29, 0.717) is 27.1 Å². The Hall–Kier alpha value is -1.66. The fraction of sp³-hybridized carbons (Fsp3) is 0.250. The molecule has 140 valence electrons. The summed E-state index contributed by atoms with van der Waals surface area (Å²) in [6.45, 7) is 1.41. The molecule has 4 rings (SSSR count). The predicted molar refractivity (Wildman–Crippen MR) is 108 cm³/mol. The minimum Gasteiger partial charge on any atom is -0.376 e. The molecule has 1 aromatic heterocycles. The normalized spacial score (nSPS) is 17.6. The van der Waals surface area contributed by atoms with Gasteiger partial charge in [-0.1, -0.05) is 35.3 Å². The Bertz CT molecular complexity index is 1020. The number of rotatable bonds is 4. The van der Waals surface area contributed by atoms with Crippen molar-refractivity contribution in [1.82, 2.24) is 4.57 Å². The monoisotopic (exact) mass is 422 g/mol. The van der Waals surface area contributed by atoms with Gasteiger partial charge in [0.05, 0.1) is 23.4 Å². The first kappa shape index (κ1) is 18.7. The fourth-order valence-electron chi connectivity index (χ4n) is 3.15. The zero-order valence-electron chi connectivity index (χ0n) is 14.4. The van der Waals surface area contributed by atoms with E-state index in [4.69, 9.17) is 27.9 Å². The smallest absolute Gasteiger partial charge is 0.190 e. The number of hydrogen-bond donors (Lipinski definition) is 0. The summed E-state index contributed by atoms with van der Waals surface area (Å²) in [6, 6.07) is 11.9. The topological polar surface area (TPSA) is 26.5 Å². The van der Waals surface area contributed by atoms with Crippen LogP contribution in [-0.4, -0.2) is 17.3 Å². The van der Waals surface area contributed by atoms with Gasteiger partial charge in [0, 0.05) is 22.6 Å². The van der Waals surface area contributed by atoms with E-state index >= 15 is 0 Å². The second-order valence-corrected chi connectivity index (χ2v) is 8.02. The van der Waals surface area contributed by atoms with E-state index in [1.165, 1.54) is 17.4 Å². The first-order valence-corrected chi connectivity index (χ1v) is 10.3. The Balaban J connectivity index is 1.84. The molecule has 1 saturated heterocycles. The Morgan fingerprint density at radius 3 is 2.81 bits per heavy atom. The minimum atomic E-state index is -0.347. The summed E-state index contributed by atoms with van der Waals surface area (Å²) in [5.41, 5.74) is 2.10. The number of ether oxygens (including phenoxy) is 1. The molecule has 1 aliphatic heterocycles. The van der Waals surface area contributed by atoms with Crippen LogP contribution in [0.2, 0.25) is 10.0 Å². The highest BCUT2D eigenvalue weighted by Crippen LogP contribution is 2.31. The molecule has 2 aromatic carbocycles. The molecule has 7 heteroatoms. The van der Waals surface area contributed by atoms with Crippen LogP contribution in [0, 0.1) is 5.82 Å². The van der Waals surface area contributed by atoms with E-state index in [0.717, 1.165) is 30.7 Å². The maximum absolute atomic E-state index is 14.1. The molecule has 0 amide bonds. The molecular formula is C20H17Cl2FN2OS. The van der Waals surface area contributed by atoms with Crippen molar-refractivity contribution < 1.29 is 9.13 Å². The Morgan fingerprint density at radius 2 is 2.07 bits per heavy atom. The van der Waals surface area contributed by atoms with Crippen molar-refractivity contribution in [2.75, 3.05) is 6.61 Å². The number of halogens is 3. The van der Waals surface area contributed by atoms with Gasteiger partial charge in [0.25, 0.3) is 0 Å². The maximum atomic E-state index is 14.1. The van der Waals surface area contributed by atoms with Gasteiger partial charge in [0.2, 0.25) is 0 Å². The Morgan fingerprint density at radius 1 is 1.22 bits per heavy atom. The van der Waals surface area contributed by atoms with Crippen LogP contribution in [-0.2, 0) is 11.3 Å². The van der Waals surface area contributed by atoms with Crippen molar-refractivity contribution >= 4 is 40.2 Å². The van der Waals surface area contributed by atoms with Gasteiger partial charge in [-0.2, -0.15) is 0 Å². The minimum absolute atomic E-state index is 0.115. The lowest BCUT2D eigenvalue weighted by molar-refractivity contribution is 0.0968. The van der Waals surface area contributed by atoms with Crippen LogP contribution < -0.4 is 4.80 Å². The summed E-state index contributed by atoms with van der Waals surface area (Å²) in [7, 11) is 0. The lowest BCUT2D eigenvalue weighted by Gasteiger charge is -2.15. The van der Waals surface area contributed by atoms with Gasteiger partial charge in [-0.05, 0) is 43.2 Å². The van der Waals surface area contributed by atoms with Crippen molar-refractivity contribution in [2.24, 2.45) is 4.99 Å². The average molecular weight is 423 g/mol. The largest absolute Gasteiger partial charge is 0.376 e. The molecule has 0 bridgehead atoms. The first-order chi connectivity index (χ1) is 13.1. The molecule has 0 spiro atoms. The third-order valence-corrected chi connectivity index (χ3v) is 5.89. The van der Waals surface area contributed by atoms with Crippen molar-refractivity contribution in [3.63, 3.8) is 0 Å². The van der Waals surface area contributed by atoms with Gasteiger partial charge in [-0.3, -0.25) is 0 Å². The SMILES string of the molecule is Fc1ccccc1N=c1scc(-c2ccc(Cl)cc2Cl)n1CC1CCCO1. The third-order valence-electron chi connectivity index (χ3n) is 4.48. The van der Waals surface area contributed by atoms with Gasteiger partial charge in [-0.25, -0.2) is 9.38 Å². The van der Waals surface area contributed by atoms with Crippen molar-refractivity contribution in [2.45, 2.75) is 25.5 Å². The second kappa shape index (κ2) is 8.15. The van der Waals surface area contributed by atoms with Crippen LogP contribution >= 0.6 is 34.5 Å². The lowest BCUT2D eigenvalue weighted by Crippen LogP contribution is -2.24. The molecule has 3 aromatic rings. The number of benzene rings is 2. The van der Waals surface area contributed by atoms with E-state index in [9.17, 15) is 4.39 Å². The third kappa shape index (κ3) is 4.11. The van der Waals surface area contributed by atoms with Crippen LogP contribution in [0.5, 0.6) is 0 Å². The van der Waals surface area contributed by atoms with E-state index in [2.05, 4.69) is 9.56 Å². The van der Waals surface area contributed by atoms with Crippen LogP contribution in [0.3, 0.4) is 0 Å². The Labute approximate surface area is 170 Å². The zero-order valence-corrected chi connectivity index (χ0v) is 16.7. The molecule has 0 N–H and O–H groups in total. The molecule has 0 saturated carbocycles. The second-order valence-electron chi connectivity index (χ2n) is 6.34. The number of hydrogen-bond acceptors (Lipinski definition) is 3. The fourth-order valence-corrected chi connectivity index (χ4v) is 4.57. The van der Waals surface area contributed by atoms with Crippen LogP contribution in [0.1, 0.15) is 12.8 Å². The molecule has 3 nitrogen and oxygen atoms in total. The number of thiazole rings is 1. The van der Waals surface area contributed by atoms with Crippen LogP contribution in [0.25, 0.3) is 11.3 Å². The van der Waals surface area contributed by atoms with Gasteiger partial charge < -0.3 is 9.30 Å². The number of para-hydroxylation sites is 1. The van der Waals surface area contributed by atoms with Crippen molar-refractivity contribution in [3.05, 3.63) is 68.5 Å². The molecule has 0 radical (unpaired) electrons. The van der Waals surface area contributed by atoms with Crippen molar-refractivity contribution in [1.29, 1.82) is 0 Å². The molecule has 1 unspecified atom stereocenters. The first-order valence-electron chi connectivity index (χ1n) is 8.66. The summed E-state index contributed by atoms with van der Waals surface area (Å²) in [5, 5.41) is 3.14. The summed E-state index contributed by atoms with van der Waals surface area (Å²) >= 11 is 13.9. The predicted octanol–water partition coefficient (Wildman–Crippen LogP) is 6.07. The number of aromatic nitrogens is 1. The standard InChI is InChI=1S/C20H17Cl2FN2OS/c21-13-7-8-15(16(22)10-13)19-12-27-20(24-18-6-2-1-5-17(18)23)25(19)11-14-4-3-9-26-14/h1-2,5-8,10,12,14H,3-4,9,11H2. The highest BCUT2D eigenvalue weighted by molar-refractivity contribution is 7.07. The van der Waals surface area contributed by atoms with Gasteiger partial charge in [0.15, 0.2) is 4.80 Å². The summed E-state index contributed by atoms with van der Waals surface area (Å²) in [6.07, 6.45) is 2.16. The van der Waals surface area contributed by atoms with Crippen LogP contribution in [0.15, 0.2) is 52.8 Å². The van der Waals surface area contributed by atoms with Gasteiger partial charge >= 0.3 is 0 Å². The average Bonchev–Trinajstić information content (AvgIpc) is 3.29. The Kier molecular flexibility index (Phi) is 5.64. The quantitative estimate of drug-likeness (QED) is 0.500. The molecule has 1 aliphatic rings. The summed E-state index contributed by atoms with van der Waals surface area (Å²) in [4.78, 5) is 5.26. The molecule has 0 aliphatic carbocycles. The summed E-state index contributed by atoms with van der Waals surface area (Å²) < 4.78 is 22.0. The van der Waals surface area contributed by atoms with E-state index < -0.39 is 0 Å². The van der Waals surface area contributed by atoms with E-state index in [-0.39, 0.29) is 11.9 Å². The van der Waals surface area contributed by atoms with Gasteiger partial charge in [-0.15, -0.1) is 11.3 Å². The molecule has 1 atom stereocenters. The van der Waals surface area contributed by atoms with Crippen molar-refractivity contribution in [3.8, 4) is 11.3 Å². The molecule has 27 heavy (non-hydrogen) atoms. The van der Waals surface area contributed by atoms with E-state index in [1.54, 1.807) is 24.3 Å². The van der Waals surface area contributed by atoms with Crippen LogP contribution in [0.4, 0.5) is 10.1 Å². The lowest BCUT2D eigenvalue weighted by atomic mass is 10.1. The molecular weight excluding hydrogens is 406 g/mol. The molecule has 2 heterocycles. The molecule has 1 fully saturated rings. The number of nitrogens with zero attached hydrogens (tertiary/aromatic N) is 2. The highest BCUT2D eigenvalue weighted by atomic mass is 35.5. The van der Waals surface area contributed by atoms with E-state index in [1.807, 2.05) is 17.5 Å².